The van der Waals surface area contributed by atoms with Gasteiger partial charge in [0.25, 0.3) is 5.91 Å². The summed E-state index contributed by atoms with van der Waals surface area (Å²) in [7, 11) is 0. The Hall–Kier alpha value is -2.37. The molecule has 2 atom stereocenters. The molecule has 24 heavy (non-hydrogen) atoms. The van der Waals surface area contributed by atoms with Gasteiger partial charge in [-0.25, -0.2) is 9.78 Å². The average molecular weight is 329 g/mol. The molecule has 0 aromatic carbocycles. The lowest BCUT2D eigenvalue weighted by Gasteiger charge is -2.29. The van der Waals surface area contributed by atoms with Crippen LogP contribution in [0.15, 0.2) is 24.4 Å². The quantitative estimate of drug-likeness (QED) is 0.875. The van der Waals surface area contributed by atoms with Gasteiger partial charge in [-0.3, -0.25) is 4.79 Å². The Morgan fingerprint density at radius 2 is 2.12 bits per heavy atom. The van der Waals surface area contributed by atoms with Crippen molar-refractivity contribution in [3.8, 4) is 0 Å². The van der Waals surface area contributed by atoms with Crippen molar-refractivity contribution >= 4 is 17.5 Å². The third-order valence-corrected chi connectivity index (χ3v) is 4.70. The summed E-state index contributed by atoms with van der Waals surface area (Å²) in [5.41, 5.74) is 1.87. The van der Waals surface area contributed by atoms with Crippen molar-refractivity contribution in [1.82, 2.24) is 14.7 Å². The van der Waals surface area contributed by atoms with Crippen LogP contribution >= 0.6 is 0 Å². The van der Waals surface area contributed by atoms with Gasteiger partial charge in [0.05, 0.1) is 0 Å². The molecule has 2 heterocycles. The molecule has 0 saturated heterocycles. The van der Waals surface area contributed by atoms with Crippen molar-refractivity contribution in [3.63, 3.8) is 0 Å². The van der Waals surface area contributed by atoms with E-state index in [4.69, 9.17) is 4.74 Å². The summed E-state index contributed by atoms with van der Waals surface area (Å²) in [6.07, 6.45) is 6.11. The van der Waals surface area contributed by atoms with Crippen LogP contribution in [0.4, 0.5) is 0 Å². The van der Waals surface area contributed by atoms with Gasteiger partial charge in [-0.2, -0.15) is 0 Å². The number of carbonyl (C=O) groups excluding carboxylic acids is 2. The van der Waals surface area contributed by atoms with Crippen LogP contribution in [0.25, 0.3) is 5.65 Å². The second-order valence-corrected chi connectivity index (χ2v) is 6.53. The lowest BCUT2D eigenvalue weighted by Crippen LogP contribution is -2.42. The standard InChI is InChI=1S/C18H23N3O3/c1-12-6-3-4-8-14(12)20-17(22)11-24-18(23)15-10-21-13(2)7-5-9-16(21)19-15/h5,7,9-10,12,14H,3-4,6,8,11H2,1-2H3,(H,20,22)/t12-,14-/m0/s1. The molecular formula is C18H23N3O3. The monoisotopic (exact) mass is 329 g/mol. The number of hydrogen-bond acceptors (Lipinski definition) is 4. The highest BCUT2D eigenvalue weighted by atomic mass is 16.5. The Kier molecular flexibility index (Phi) is 4.83. The fourth-order valence-corrected chi connectivity index (χ4v) is 3.23. The number of esters is 1. The van der Waals surface area contributed by atoms with Crippen LogP contribution in [-0.4, -0.2) is 33.9 Å². The van der Waals surface area contributed by atoms with E-state index in [0.29, 0.717) is 11.6 Å². The maximum atomic E-state index is 12.1. The van der Waals surface area contributed by atoms with Crippen LogP contribution in [0.2, 0.25) is 0 Å². The minimum absolute atomic E-state index is 0.183. The molecule has 0 unspecified atom stereocenters. The molecule has 2 aromatic heterocycles. The number of imidazole rings is 1. The number of aryl methyl sites for hydroxylation is 1. The molecule has 0 radical (unpaired) electrons. The maximum absolute atomic E-state index is 12.1. The maximum Gasteiger partial charge on any atom is 0.359 e. The lowest BCUT2D eigenvalue weighted by atomic mass is 9.86. The Morgan fingerprint density at radius 1 is 1.33 bits per heavy atom. The average Bonchev–Trinajstić information content (AvgIpc) is 3.00. The van der Waals surface area contributed by atoms with E-state index in [0.717, 1.165) is 25.0 Å². The minimum atomic E-state index is -0.579. The Balaban J connectivity index is 1.56. The molecule has 0 bridgehead atoms. The molecule has 6 nitrogen and oxygen atoms in total. The molecule has 1 aliphatic carbocycles. The molecule has 1 fully saturated rings. The van der Waals surface area contributed by atoms with Gasteiger partial charge in [0.2, 0.25) is 0 Å². The topological polar surface area (TPSA) is 72.7 Å². The van der Waals surface area contributed by atoms with Gasteiger partial charge in [-0.15, -0.1) is 0 Å². The number of rotatable bonds is 4. The molecule has 3 rings (SSSR count). The van der Waals surface area contributed by atoms with Crippen LogP contribution in [0.5, 0.6) is 0 Å². The highest BCUT2D eigenvalue weighted by Crippen LogP contribution is 2.23. The van der Waals surface area contributed by atoms with E-state index in [1.807, 2.05) is 29.5 Å². The fourth-order valence-electron chi connectivity index (χ4n) is 3.23. The molecule has 0 spiro atoms. The van der Waals surface area contributed by atoms with Crippen LogP contribution in [0, 0.1) is 12.8 Å². The molecular weight excluding hydrogens is 306 g/mol. The summed E-state index contributed by atoms with van der Waals surface area (Å²) in [6.45, 7) is 3.81. The first-order chi connectivity index (χ1) is 11.5. The second-order valence-electron chi connectivity index (χ2n) is 6.53. The summed E-state index contributed by atoms with van der Waals surface area (Å²) in [4.78, 5) is 28.3. The number of hydrogen-bond donors (Lipinski definition) is 1. The second kappa shape index (κ2) is 7.03. The van der Waals surface area contributed by atoms with Gasteiger partial charge in [-0.1, -0.05) is 25.8 Å². The van der Waals surface area contributed by atoms with E-state index >= 15 is 0 Å². The van der Waals surface area contributed by atoms with Gasteiger partial charge in [0.15, 0.2) is 12.3 Å². The summed E-state index contributed by atoms with van der Waals surface area (Å²) < 4.78 is 6.93. The number of nitrogens with zero attached hydrogens (tertiary/aromatic N) is 2. The SMILES string of the molecule is Cc1cccc2nc(C(=O)OCC(=O)N[C@H]3CCCC[C@@H]3C)cn12. The number of carbonyl (C=O) groups is 2. The molecule has 0 aliphatic heterocycles. The van der Waals surface area contributed by atoms with E-state index in [1.165, 1.54) is 6.42 Å². The van der Waals surface area contributed by atoms with E-state index in [1.54, 1.807) is 6.20 Å². The normalized spacial score (nSPS) is 20.8. The smallest absolute Gasteiger partial charge is 0.359 e. The lowest BCUT2D eigenvalue weighted by molar-refractivity contribution is -0.125. The predicted molar refractivity (Wildman–Crippen MR) is 89.8 cm³/mol. The minimum Gasteiger partial charge on any atom is -0.451 e. The third kappa shape index (κ3) is 3.58. The van der Waals surface area contributed by atoms with Crippen LogP contribution < -0.4 is 5.32 Å². The van der Waals surface area contributed by atoms with Crippen LogP contribution in [-0.2, 0) is 9.53 Å². The summed E-state index contributed by atoms with van der Waals surface area (Å²) in [6, 6.07) is 5.82. The van der Waals surface area contributed by atoms with E-state index in [9.17, 15) is 9.59 Å². The molecule has 6 heteroatoms. The van der Waals surface area contributed by atoms with Crippen molar-refractivity contribution in [1.29, 1.82) is 0 Å². The van der Waals surface area contributed by atoms with Crippen molar-refractivity contribution in [2.45, 2.75) is 45.6 Å². The largest absolute Gasteiger partial charge is 0.451 e. The Morgan fingerprint density at radius 3 is 2.88 bits per heavy atom. The number of amides is 1. The summed E-state index contributed by atoms with van der Waals surface area (Å²) >= 11 is 0. The van der Waals surface area contributed by atoms with E-state index < -0.39 is 5.97 Å². The number of aromatic nitrogens is 2. The Bertz CT molecular complexity index is 753. The first kappa shape index (κ1) is 16.5. The molecule has 1 saturated carbocycles. The zero-order valence-corrected chi connectivity index (χ0v) is 14.1. The van der Waals surface area contributed by atoms with Crippen molar-refractivity contribution in [3.05, 3.63) is 35.8 Å². The van der Waals surface area contributed by atoms with Crippen LogP contribution in [0.3, 0.4) is 0 Å². The zero-order valence-electron chi connectivity index (χ0n) is 14.1. The van der Waals surface area contributed by atoms with Crippen molar-refractivity contribution in [2.24, 2.45) is 5.92 Å². The van der Waals surface area contributed by atoms with Gasteiger partial charge < -0.3 is 14.5 Å². The molecule has 128 valence electrons. The number of fused-ring (bicyclic) bond motifs is 1. The first-order valence-electron chi connectivity index (χ1n) is 8.46. The molecule has 2 aromatic rings. The molecule has 1 N–H and O–H groups in total. The number of ether oxygens (including phenoxy) is 1. The molecule has 1 aliphatic rings. The Labute approximate surface area is 141 Å². The first-order valence-corrected chi connectivity index (χ1v) is 8.46. The van der Waals surface area contributed by atoms with Gasteiger partial charge in [0, 0.05) is 17.9 Å². The number of pyridine rings is 1. The van der Waals surface area contributed by atoms with E-state index in [2.05, 4.69) is 17.2 Å². The number of nitrogens with one attached hydrogen (secondary N) is 1. The molecule has 1 amide bonds. The summed E-state index contributed by atoms with van der Waals surface area (Å²) in [5, 5.41) is 2.97. The van der Waals surface area contributed by atoms with E-state index in [-0.39, 0.29) is 24.2 Å². The van der Waals surface area contributed by atoms with Crippen molar-refractivity contribution in [2.75, 3.05) is 6.61 Å². The predicted octanol–water partition coefficient (Wildman–Crippen LogP) is 2.49. The third-order valence-electron chi connectivity index (χ3n) is 4.70. The van der Waals surface area contributed by atoms with Crippen LogP contribution in [0.1, 0.15) is 48.8 Å². The van der Waals surface area contributed by atoms with Gasteiger partial charge in [-0.05, 0) is 37.8 Å². The summed E-state index contributed by atoms with van der Waals surface area (Å²) in [5.74, 6) is -0.355. The highest BCUT2D eigenvalue weighted by molar-refractivity contribution is 5.90. The zero-order chi connectivity index (χ0) is 17.1. The fraction of sp³-hybridized carbons (Fsp3) is 0.500. The van der Waals surface area contributed by atoms with Gasteiger partial charge in [0.1, 0.15) is 5.65 Å². The highest BCUT2D eigenvalue weighted by Gasteiger charge is 2.23. The van der Waals surface area contributed by atoms with Gasteiger partial charge >= 0.3 is 5.97 Å². The van der Waals surface area contributed by atoms with Crippen molar-refractivity contribution < 1.29 is 14.3 Å².